The summed E-state index contributed by atoms with van der Waals surface area (Å²) in [6.45, 7) is 8.19. The second-order valence-electron chi connectivity index (χ2n) is 10.7. The SMILES string of the molecule is Cc1cccc(N2CCN(C(=O)c3cccc(N4C(=O)N[C@H]5C[C@@]4(C)Oc4ccc(Cl)cc45)c3)C[C@H]2C)c1. The lowest BCUT2D eigenvalue weighted by Crippen LogP contribution is -2.65. The summed E-state index contributed by atoms with van der Waals surface area (Å²) in [4.78, 5) is 32.8. The van der Waals surface area contributed by atoms with Crippen molar-refractivity contribution in [1.29, 1.82) is 0 Å². The molecule has 2 saturated heterocycles. The molecule has 7 nitrogen and oxygen atoms in total. The second-order valence-corrected chi connectivity index (χ2v) is 11.1. The Labute approximate surface area is 227 Å². The zero-order valence-corrected chi connectivity index (χ0v) is 22.5. The van der Waals surface area contributed by atoms with Crippen LogP contribution < -0.4 is 19.9 Å². The summed E-state index contributed by atoms with van der Waals surface area (Å²) >= 11 is 6.20. The first-order valence-corrected chi connectivity index (χ1v) is 13.4. The van der Waals surface area contributed by atoms with Crippen LogP contribution in [0.15, 0.2) is 66.7 Å². The van der Waals surface area contributed by atoms with Crippen molar-refractivity contribution in [3.8, 4) is 5.75 Å². The highest BCUT2D eigenvalue weighted by Crippen LogP contribution is 2.46. The predicted octanol–water partition coefficient (Wildman–Crippen LogP) is 5.77. The predicted molar refractivity (Wildman–Crippen MR) is 149 cm³/mol. The molecule has 2 bridgehead atoms. The van der Waals surface area contributed by atoms with E-state index in [0.29, 0.717) is 41.5 Å². The normalized spacial score (nSPS) is 24.4. The Morgan fingerprint density at radius 2 is 1.84 bits per heavy atom. The van der Waals surface area contributed by atoms with E-state index in [9.17, 15) is 9.59 Å². The molecule has 3 amide bonds. The highest BCUT2D eigenvalue weighted by Gasteiger charge is 2.50. The molecule has 3 aliphatic heterocycles. The molecule has 0 aromatic heterocycles. The van der Waals surface area contributed by atoms with Crippen molar-refractivity contribution < 1.29 is 14.3 Å². The van der Waals surface area contributed by atoms with Crippen molar-refractivity contribution in [3.63, 3.8) is 0 Å². The molecule has 0 aliphatic carbocycles. The Bertz CT molecular complexity index is 1430. The van der Waals surface area contributed by atoms with Crippen molar-refractivity contribution in [1.82, 2.24) is 10.2 Å². The van der Waals surface area contributed by atoms with Crippen molar-refractivity contribution in [2.24, 2.45) is 0 Å². The first-order chi connectivity index (χ1) is 18.2. The monoisotopic (exact) mass is 530 g/mol. The van der Waals surface area contributed by atoms with Crippen molar-refractivity contribution in [2.45, 2.75) is 45.0 Å². The molecular weight excluding hydrogens is 500 g/mol. The highest BCUT2D eigenvalue weighted by molar-refractivity contribution is 6.30. The molecule has 3 heterocycles. The Balaban J connectivity index is 1.23. The van der Waals surface area contributed by atoms with Gasteiger partial charge in [0.2, 0.25) is 0 Å². The standard InChI is InChI=1S/C30H31ClN4O3/c1-19-6-4-8-23(14-19)34-13-12-33(18-20(34)2)28(36)21-7-5-9-24(15-21)35-29(37)32-26-17-30(35,3)38-27-11-10-22(31)16-25(26)27/h4-11,14-16,20,26H,12-13,17-18H2,1-3H3,(H,32,37)/t20-,26+,30-/m1/s1. The van der Waals surface area contributed by atoms with Gasteiger partial charge in [-0.05, 0) is 74.9 Å². The number of piperazine rings is 1. The maximum atomic E-state index is 13.6. The van der Waals surface area contributed by atoms with Gasteiger partial charge in [-0.15, -0.1) is 0 Å². The first-order valence-electron chi connectivity index (χ1n) is 13.0. The van der Waals surface area contributed by atoms with Gasteiger partial charge in [-0.2, -0.15) is 0 Å². The number of urea groups is 1. The van der Waals surface area contributed by atoms with Gasteiger partial charge in [0.25, 0.3) is 5.91 Å². The van der Waals surface area contributed by atoms with Crippen LogP contribution >= 0.6 is 11.6 Å². The summed E-state index contributed by atoms with van der Waals surface area (Å²) in [6.07, 6.45) is 0.558. The number of amides is 3. The lowest BCUT2D eigenvalue weighted by molar-refractivity contribution is 0.0378. The summed E-state index contributed by atoms with van der Waals surface area (Å²) in [5.74, 6) is 0.665. The third-order valence-electron chi connectivity index (χ3n) is 7.83. The van der Waals surface area contributed by atoms with Gasteiger partial charge < -0.3 is 19.9 Å². The molecule has 0 unspecified atom stereocenters. The van der Waals surface area contributed by atoms with E-state index in [4.69, 9.17) is 16.3 Å². The zero-order valence-electron chi connectivity index (χ0n) is 21.8. The Kier molecular flexibility index (Phi) is 5.99. The second kappa shape index (κ2) is 9.24. The molecule has 38 heavy (non-hydrogen) atoms. The van der Waals surface area contributed by atoms with Crippen LogP contribution in [0.25, 0.3) is 0 Å². The van der Waals surface area contributed by atoms with Crippen molar-refractivity contribution in [3.05, 3.63) is 88.4 Å². The quantitative estimate of drug-likeness (QED) is 0.467. The molecule has 8 heteroatoms. The maximum Gasteiger partial charge on any atom is 0.325 e. The number of fused-ring (bicyclic) bond motifs is 4. The molecule has 3 atom stereocenters. The van der Waals surface area contributed by atoms with Crippen LogP contribution in [0.1, 0.15) is 47.8 Å². The minimum absolute atomic E-state index is 0.0346. The number of anilines is 2. The fourth-order valence-corrected chi connectivity index (χ4v) is 6.21. The van der Waals surface area contributed by atoms with Gasteiger partial charge >= 0.3 is 6.03 Å². The van der Waals surface area contributed by atoms with Crippen LogP contribution in [0.2, 0.25) is 5.02 Å². The number of nitrogens with zero attached hydrogens (tertiary/aromatic N) is 3. The minimum Gasteiger partial charge on any atom is -0.467 e. The summed E-state index contributed by atoms with van der Waals surface area (Å²) in [6, 6.07) is 21.0. The number of hydrogen-bond acceptors (Lipinski definition) is 4. The minimum atomic E-state index is -0.899. The van der Waals surface area contributed by atoms with Crippen molar-refractivity contribution >= 4 is 34.9 Å². The van der Waals surface area contributed by atoms with Gasteiger partial charge in [0.1, 0.15) is 5.75 Å². The van der Waals surface area contributed by atoms with Crippen LogP contribution in [-0.4, -0.2) is 48.2 Å². The molecule has 1 N–H and O–H groups in total. The van der Waals surface area contributed by atoms with Crippen LogP contribution in [0.5, 0.6) is 5.75 Å². The molecule has 0 saturated carbocycles. The Morgan fingerprint density at radius 1 is 1.05 bits per heavy atom. The van der Waals surface area contributed by atoms with Gasteiger partial charge in [-0.1, -0.05) is 29.8 Å². The van der Waals surface area contributed by atoms with E-state index in [1.54, 1.807) is 17.0 Å². The average molecular weight is 531 g/mol. The van der Waals surface area contributed by atoms with Gasteiger partial charge in [0, 0.05) is 53.9 Å². The fraction of sp³-hybridized carbons (Fsp3) is 0.333. The molecule has 3 aromatic rings. The van der Waals surface area contributed by atoms with Crippen LogP contribution in [-0.2, 0) is 0 Å². The average Bonchev–Trinajstić information content (AvgIpc) is 2.88. The molecule has 0 spiro atoms. The molecule has 196 valence electrons. The van der Waals surface area contributed by atoms with E-state index in [0.717, 1.165) is 12.1 Å². The number of aryl methyl sites for hydroxylation is 1. The molecular formula is C30H31ClN4O3. The number of halogens is 1. The van der Waals surface area contributed by atoms with E-state index in [1.807, 2.05) is 42.2 Å². The largest absolute Gasteiger partial charge is 0.467 e. The summed E-state index contributed by atoms with van der Waals surface area (Å²) < 4.78 is 6.38. The van der Waals surface area contributed by atoms with Crippen molar-refractivity contribution in [2.75, 3.05) is 29.4 Å². The zero-order chi connectivity index (χ0) is 26.6. The first kappa shape index (κ1) is 24.6. The van der Waals surface area contributed by atoms with E-state index in [1.165, 1.54) is 11.3 Å². The topological polar surface area (TPSA) is 65.1 Å². The molecule has 3 aliphatic rings. The smallest absolute Gasteiger partial charge is 0.325 e. The van der Waals surface area contributed by atoms with Crippen LogP contribution in [0, 0.1) is 6.92 Å². The number of rotatable bonds is 3. The third kappa shape index (κ3) is 4.25. The van der Waals surface area contributed by atoms with E-state index >= 15 is 0 Å². The summed E-state index contributed by atoms with van der Waals surface area (Å²) in [5.41, 5.74) is 3.57. The van der Waals surface area contributed by atoms with E-state index in [2.05, 4.69) is 48.3 Å². The maximum absolute atomic E-state index is 13.6. The number of benzene rings is 3. The molecule has 2 fully saturated rings. The highest BCUT2D eigenvalue weighted by atomic mass is 35.5. The lowest BCUT2D eigenvalue weighted by atomic mass is 9.90. The lowest BCUT2D eigenvalue weighted by Gasteiger charge is -2.50. The van der Waals surface area contributed by atoms with Crippen LogP contribution in [0.3, 0.4) is 0 Å². The molecule has 0 radical (unpaired) electrons. The number of ether oxygens (including phenoxy) is 1. The summed E-state index contributed by atoms with van der Waals surface area (Å²) in [5, 5.41) is 3.70. The number of carbonyl (C=O) groups excluding carboxylic acids is 2. The Morgan fingerprint density at radius 3 is 2.63 bits per heavy atom. The van der Waals surface area contributed by atoms with Gasteiger partial charge in [0.15, 0.2) is 5.72 Å². The van der Waals surface area contributed by atoms with Crippen LogP contribution in [0.4, 0.5) is 16.2 Å². The number of nitrogens with one attached hydrogen (secondary N) is 1. The fourth-order valence-electron chi connectivity index (χ4n) is 6.03. The van der Waals surface area contributed by atoms with E-state index < -0.39 is 5.72 Å². The summed E-state index contributed by atoms with van der Waals surface area (Å²) in [7, 11) is 0. The van der Waals surface area contributed by atoms with Gasteiger partial charge in [-0.25, -0.2) is 4.79 Å². The number of hydrogen-bond donors (Lipinski definition) is 1. The Hall–Kier alpha value is -3.71. The van der Waals surface area contributed by atoms with Gasteiger partial charge in [-0.3, -0.25) is 9.69 Å². The molecule has 3 aromatic carbocycles. The third-order valence-corrected chi connectivity index (χ3v) is 8.07. The van der Waals surface area contributed by atoms with E-state index in [-0.39, 0.29) is 24.0 Å². The number of carbonyl (C=O) groups is 2. The van der Waals surface area contributed by atoms with Gasteiger partial charge in [0.05, 0.1) is 11.7 Å². The molecule has 6 rings (SSSR count).